The number of ether oxygens (including phenoxy) is 1. The first kappa shape index (κ1) is 17.4. The number of quaternary nitrogens is 1. The van der Waals surface area contributed by atoms with Crippen molar-refractivity contribution in [3.63, 3.8) is 0 Å². The van der Waals surface area contributed by atoms with Crippen LogP contribution < -0.4 is 10.2 Å². The van der Waals surface area contributed by atoms with Crippen LogP contribution in [0.15, 0.2) is 30.3 Å². The second kappa shape index (κ2) is 9.19. The van der Waals surface area contributed by atoms with Gasteiger partial charge < -0.3 is 15.0 Å². The van der Waals surface area contributed by atoms with Crippen LogP contribution in [0, 0.1) is 5.92 Å². The van der Waals surface area contributed by atoms with Gasteiger partial charge in [-0.1, -0.05) is 30.3 Å². The zero-order valence-corrected chi connectivity index (χ0v) is 14.6. The van der Waals surface area contributed by atoms with Crippen LogP contribution in [-0.2, 0) is 16.0 Å². The number of carbonyl (C=O) groups is 1. The van der Waals surface area contributed by atoms with Crippen LogP contribution in [0.3, 0.4) is 0 Å². The van der Waals surface area contributed by atoms with Gasteiger partial charge in [0.1, 0.15) is 0 Å². The lowest BCUT2D eigenvalue weighted by Crippen LogP contribution is -3.13. The molecule has 1 aromatic rings. The fourth-order valence-electron chi connectivity index (χ4n) is 3.89. The molecule has 2 fully saturated rings. The molecule has 1 atom stereocenters. The Labute approximate surface area is 145 Å². The van der Waals surface area contributed by atoms with Gasteiger partial charge in [-0.05, 0) is 24.8 Å². The molecule has 3 rings (SSSR count). The molecule has 0 aromatic heterocycles. The molecular weight excluding hydrogens is 300 g/mol. The zero-order valence-electron chi connectivity index (χ0n) is 14.6. The lowest BCUT2D eigenvalue weighted by Gasteiger charge is -2.29. The molecule has 132 valence electrons. The minimum absolute atomic E-state index is 0.212. The highest BCUT2D eigenvalue weighted by Crippen LogP contribution is 2.13. The van der Waals surface area contributed by atoms with Crippen LogP contribution in [0.1, 0.15) is 37.7 Å². The molecule has 2 aliphatic heterocycles. The summed E-state index contributed by atoms with van der Waals surface area (Å²) in [7, 11) is 0. The summed E-state index contributed by atoms with van der Waals surface area (Å²) >= 11 is 0. The van der Waals surface area contributed by atoms with Crippen LogP contribution in [0.25, 0.3) is 0 Å². The number of benzene rings is 1. The summed E-state index contributed by atoms with van der Waals surface area (Å²) in [6.45, 7) is 5.03. The smallest absolute Gasteiger partial charge is 0.223 e. The van der Waals surface area contributed by atoms with Crippen molar-refractivity contribution in [3.8, 4) is 0 Å². The van der Waals surface area contributed by atoms with Gasteiger partial charge in [-0.3, -0.25) is 4.79 Å². The number of hydrogen-bond donors (Lipinski definition) is 2. The van der Waals surface area contributed by atoms with Gasteiger partial charge in [0.05, 0.1) is 25.7 Å². The average molecular weight is 331 g/mol. The molecular formula is C20H31N2O2+. The molecule has 0 aliphatic carbocycles. The number of carbonyl (C=O) groups excluding carboxylic acids is 1. The van der Waals surface area contributed by atoms with Gasteiger partial charge in [0, 0.05) is 38.3 Å². The van der Waals surface area contributed by atoms with Crippen LogP contribution in [0.4, 0.5) is 0 Å². The van der Waals surface area contributed by atoms with E-state index in [-0.39, 0.29) is 17.9 Å². The van der Waals surface area contributed by atoms with Crippen LogP contribution >= 0.6 is 0 Å². The first-order valence-corrected chi connectivity index (χ1v) is 9.58. The monoisotopic (exact) mass is 331 g/mol. The van der Waals surface area contributed by atoms with E-state index in [9.17, 15) is 4.79 Å². The Balaban J connectivity index is 1.29. The number of amides is 1. The third kappa shape index (κ3) is 5.32. The van der Waals surface area contributed by atoms with E-state index in [1.54, 1.807) is 4.90 Å². The highest BCUT2D eigenvalue weighted by molar-refractivity contribution is 5.78. The van der Waals surface area contributed by atoms with Crippen LogP contribution in [0.5, 0.6) is 0 Å². The maximum absolute atomic E-state index is 12.3. The van der Waals surface area contributed by atoms with Gasteiger partial charge in [0.15, 0.2) is 0 Å². The maximum Gasteiger partial charge on any atom is 0.223 e. The van der Waals surface area contributed by atoms with E-state index in [2.05, 4.69) is 35.6 Å². The Kier molecular flexibility index (Phi) is 6.67. The molecule has 2 saturated heterocycles. The number of aryl methyl sites for hydroxylation is 1. The Morgan fingerprint density at radius 1 is 1.17 bits per heavy atom. The molecule has 2 heterocycles. The fourth-order valence-corrected chi connectivity index (χ4v) is 3.89. The number of likely N-dealkylation sites (tertiary alicyclic amines) is 1. The van der Waals surface area contributed by atoms with Crippen molar-refractivity contribution >= 4 is 5.91 Å². The highest BCUT2D eigenvalue weighted by Gasteiger charge is 2.27. The molecule has 1 amide bonds. The summed E-state index contributed by atoms with van der Waals surface area (Å²) in [5.74, 6) is 0.457. The average Bonchev–Trinajstić information content (AvgIpc) is 3.15. The summed E-state index contributed by atoms with van der Waals surface area (Å²) in [5, 5.41) is 3.10. The van der Waals surface area contributed by atoms with Gasteiger partial charge in [-0.2, -0.15) is 0 Å². The van der Waals surface area contributed by atoms with E-state index < -0.39 is 0 Å². The first-order valence-electron chi connectivity index (χ1n) is 9.58. The van der Waals surface area contributed by atoms with Crippen molar-refractivity contribution in [1.82, 2.24) is 5.32 Å². The fraction of sp³-hybridized carbons (Fsp3) is 0.650. The van der Waals surface area contributed by atoms with Gasteiger partial charge in [-0.15, -0.1) is 0 Å². The van der Waals surface area contributed by atoms with E-state index in [4.69, 9.17) is 4.74 Å². The number of rotatable bonds is 7. The molecule has 2 aliphatic rings. The summed E-state index contributed by atoms with van der Waals surface area (Å²) in [4.78, 5) is 13.9. The maximum atomic E-state index is 12.3. The topological polar surface area (TPSA) is 42.8 Å². The number of piperidine rings is 1. The molecule has 24 heavy (non-hydrogen) atoms. The van der Waals surface area contributed by atoms with Crippen molar-refractivity contribution < 1.29 is 14.4 Å². The second-order valence-corrected chi connectivity index (χ2v) is 7.24. The summed E-state index contributed by atoms with van der Waals surface area (Å²) in [6, 6.07) is 10.7. The third-order valence-corrected chi connectivity index (χ3v) is 5.43. The van der Waals surface area contributed by atoms with Gasteiger partial charge >= 0.3 is 0 Å². The van der Waals surface area contributed by atoms with E-state index in [1.165, 1.54) is 18.5 Å². The highest BCUT2D eigenvalue weighted by atomic mass is 16.5. The number of nitrogens with one attached hydrogen (secondary N) is 2. The molecule has 0 radical (unpaired) electrons. The summed E-state index contributed by atoms with van der Waals surface area (Å²) in [5.41, 5.74) is 1.43. The van der Waals surface area contributed by atoms with Gasteiger partial charge in [0.2, 0.25) is 5.91 Å². The molecule has 1 aromatic carbocycles. The van der Waals surface area contributed by atoms with Crippen molar-refractivity contribution in [2.75, 3.05) is 32.8 Å². The quantitative estimate of drug-likeness (QED) is 0.789. The standard InChI is InChI=1S/C20H30N2O2/c23-20(21-16-19-9-5-15-24-19)18-10-13-22(14-11-18)12-4-8-17-6-2-1-3-7-17/h1-3,6-7,18-19H,4-5,8-16H2,(H,21,23)/p+1/t19-/m0/s1. The Morgan fingerprint density at radius 3 is 2.67 bits per heavy atom. The molecule has 4 nitrogen and oxygen atoms in total. The second-order valence-electron chi connectivity index (χ2n) is 7.24. The molecule has 0 spiro atoms. The van der Waals surface area contributed by atoms with E-state index in [1.807, 2.05) is 0 Å². The summed E-state index contributed by atoms with van der Waals surface area (Å²) < 4.78 is 5.57. The van der Waals surface area contributed by atoms with Crippen molar-refractivity contribution in [2.45, 2.75) is 44.6 Å². The lowest BCUT2D eigenvalue weighted by molar-refractivity contribution is -0.906. The van der Waals surface area contributed by atoms with Crippen molar-refractivity contribution in [3.05, 3.63) is 35.9 Å². The predicted octanol–water partition coefficient (Wildman–Crippen LogP) is 1.21. The van der Waals surface area contributed by atoms with Gasteiger partial charge in [0.25, 0.3) is 0 Å². The SMILES string of the molecule is O=C(NC[C@@H]1CCCO1)C1CC[NH+](CCCc2ccccc2)CC1. The lowest BCUT2D eigenvalue weighted by atomic mass is 9.95. The third-order valence-electron chi connectivity index (χ3n) is 5.43. The number of hydrogen-bond acceptors (Lipinski definition) is 2. The van der Waals surface area contributed by atoms with Crippen LogP contribution in [-0.4, -0.2) is 44.8 Å². The Bertz CT molecular complexity index is 492. The molecule has 0 unspecified atom stereocenters. The minimum atomic E-state index is 0.212. The molecule has 2 N–H and O–H groups in total. The Hall–Kier alpha value is -1.39. The van der Waals surface area contributed by atoms with Crippen LogP contribution in [0.2, 0.25) is 0 Å². The normalized spacial score (nSPS) is 27.1. The predicted molar refractivity (Wildman–Crippen MR) is 95.0 cm³/mol. The minimum Gasteiger partial charge on any atom is -0.376 e. The zero-order chi connectivity index (χ0) is 16.6. The molecule has 0 saturated carbocycles. The molecule has 4 heteroatoms. The van der Waals surface area contributed by atoms with E-state index in [0.29, 0.717) is 6.54 Å². The van der Waals surface area contributed by atoms with Crippen molar-refractivity contribution in [2.24, 2.45) is 5.92 Å². The summed E-state index contributed by atoms with van der Waals surface area (Å²) in [6.07, 6.45) is 6.91. The van der Waals surface area contributed by atoms with E-state index in [0.717, 1.165) is 51.8 Å². The van der Waals surface area contributed by atoms with E-state index >= 15 is 0 Å². The van der Waals surface area contributed by atoms with Crippen molar-refractivity contribution in [1.29, 1.82) is 0 Å². The van der Waals surface area contributed by atoms with Gasteiger partial charge in [-0.25, -0.2) is 0 Å². The first-order chi connectivity index (χ1) is 11.8. The largest absolute Gasteiger partial charge is 0.376 e. The Morgan fingerprint density at radius 2 is 1.96 bits per heavy atom. The molecule has 0 bridgehead atoms.